The number of nitrogens with one attached hydrogen (secondary N) is 6. The number of alkyl carbamates (subject to hydrolysis) is 2. The molecule has 1 heterocycles. The summed E-state index contributed by atoms with van der Waals surface area (Å²) in [6.07, 6.45) is -1.92. The van der Waals surface area contributed by atoms with Crippen LogP contribution in [0.1, 0.15) is 89.7 Å². The Morgan fingerprint density at radius 3 is 1.24 bits per heavy atom. The van der Waals surface area contributed by atoms with Crippen LogP contribution in [0.25, 0.3) is 0 Å². The van der Waals surface area contributed by atoms with Crippen LogP contribution in [-0.2, 0) is 57.2 Å². The zero-order valence-electron chi connectivity index (χ0n) is 41.9. The number of rotatable bonds is 6. The molecule has 0 saturated carbocycles. The zero-order chi connectivity index (χ0) is 54.1. The van der Waals surface area contributed by atoms with Gasteiger partial charge in [-0.15, -0.1) is 0 Å². The summed E-state index contributed by atoms with van der Waals surface area (Å²) in [6, 6.07) is -2.23. The van der Waals surface area contributed by atoms with Crippen LogP contribution in [-0.4, -0.2) is 138 Å². The molecule has 2 aromatic rings. The molecule has 1 aliphatic rings. The highest BCUT2D eigenvalue weighted by Crippen LogP contribution is 2.31. The number of carbonyl (C=O) groups is 8. The predicted octanol–water partition coefficient (Wildman–Crippen LogP) is 2.82. The molecule has 4 bridgehead atoms. The number of esters is 2. The van der Waals surface area contributed by atoms with Gasteiger partial charge in [0, 0.05) is 0 Å². The third kappa shape index (κ3) is 18.8. The molecule has 0 aliphatic carbocycles. The molecular weight excluding hydrogens is 1170 g/mol. The summed E-state index contributed by atoms with van der Waals surface area (Å²) < 4.78 is 44.4. The fourth-order valence-electron chi connectivity index (χ4n) is 6.23. The molecule has 0 aromatic heterocycles. The molecule has 2 aromatic carbocycles. The van der Waals surface area contributed by atoms with Gasteiger partial charge in [0.1, 0.15) is 60.1 Å². The fourth-order valence-corrected chi connectivity index (χ4v) is 7.97. The Morgan fingerprint density at radius 1 is 0.583 bits per heavy atom. The second-order valence-electron chi connectivity index (χ2n) is 17.6. The van der Waals surface area contributed by atoms with Gasteiger partial charge in [0.2, 0.25) is 23.6 Å². The predicted molar refractivity (Wildman–Crippen MR) is 274 cm³/mol. The van der Waals surface area contributed by atoms with Gasteiger partial charge < -0.3 is 69.8 Å². The lowest BCUT2D eigenvalue weighted by Crippen LogP contribution is -2.55. The molecule has 1 aliphatic heterocycles. The Hall–Kier alpha value is -6.10. The smallest absolute Gasteiger partial charge is 0.408 e. The molecule has 3 rings (SSSR count). The van der Waals surface area contributed by atoms with Crippen LogP contribution in [0.5, 0.6) is 11.5 Å². The van der Waals surface area contributed by atoms with Crippen molar-refractivity contribution in [2.24, 2.45) is 0 Å². The summed E-state index contributed by atoms with van der Waals surface area (Å²) in [5.74, 6) is 6.93. The summed E-state index contributed by atoms with van der Waals surface area (Å²) in [5.41, 5.74) is -0.950. The van der Waals surface area contributed by atoms with Crippen molar-refractivity contribution >= 4 is 92.9 Å². The minimum absolute atomic E-state index is 0.219. The summed E-state index contributed by atoms with van der Waals surface area (Å²) >= 11 is 3.91. The first kappa shape index (κ1) is 60.2. The summed E-state index contributed by atoms with van der Waals surface area (Å²) in [4.78, 5) is 107. The molecule has 24 heteroatoms. The van der Waals surface area contributed by atoms with E-state index in [1.54, 1.807) is 53.7 Å². The highest BCUT2D eigenvalue weighted by Gasteiger charge is 2.33. The van der Waals surface area contributed by atoms with Gasteiger partial charge in [-0.05, 0) is 136 Å². The van der Waals surface area contributed by atoms with E-state index in [4.69, 9.17) is 37.9 Å². The number of carbonyl (C=O) groups excluding carboxylic acids is 8. The second kappa shape index (κ2) is 27.6. The van der Waals surface area contributed by atoms with Crippen LogP contribution in [0, 0.1) is 30.8 Å². The van der Waals surface area contributed by atoms with Crippen LogP contribution >= 0.6 is 45.2 Å². The number of hydrogen-bond donors (Lipinski definition) is 6. The van der Waals surface area contributed by atoms with Gasteiger partial charge >= 0.3 is 24.1 Å². The van der Waals surface area contributed by atoms with E-state index < -0.39 is 108 Å². The van der Waals surface area contributed by atoms with Crippen molar-refractivity contribution in [2.75, 3.05) is 54.9 Å². The molecule has 0 spiro atoms. The zero-order valence-corrected chi connectivity index (χ0v) is 46.2. The van der Waals surface area contributed by atoms with E-state index in [9.17, 15) is 38.4 Å². The fraction of sp³-hybridized carbons (Fsp3) is 0.500. The maximum Gasteiger partial charge on any atom is 0.408 e. The highest BCUT2D eigenvalue weighted by atomic mass is 127. The Morgan fingerprint density at radius 2 is 0.931 bits per heavy atom. The molecule has 392 valence electrons. The average Bonchev–Trinajstić information content (AvgIpc) is 3.28. The molecule has 22 nitrogen and oxygen atoms in total. The van der Waals surface area contributed by atoms with Gasteiger partial charge in [-0.25, -0.2) is 19.2 Å². The van der Waals surface area contributed by atoms with Crippen molar-refractivity contribution in [3.8, 4) is 35.2 Å². The quantitative estimate of drug-likeness (QED) is 0.105. The van der Waals surface area contributed by atoms with Gasteiger partial charge in [-0.3, -0.25) is 19.2 Å². The van der Waals surface area contributed by atoms with Crippen LogP contribution < -0.4 is 41.4 Å². The number of halogens is 2. The number of benzene rings is 2. The molecule has 0 saturated heterocycles. The number of fused-ring (bicyclic) bond motifs is 4. The van der Waals surface area contributed by atoms with E-state index in [0.717, 1.165) is 14.2 Å². The van der Waals surface area contributed by atoms with Crippen molar-refractivity contribution in [1.29, 1.82) is 0 Å². The lowest BCUT2D eigenvalue weighted by atomic mass is 10.0. The summed E-state index contributed by atoms with van der Waals surface area (Å²) in [7, 11) is 5.06. The number of hydrogen-bond acceptors (Lipinski definition) is 16. The first-order valence-electron chi connectivity index (χ1n) is 22.0. The topological polar surface area (TPSA) is 283 Å². The van der Waals surface area contributed by atoms with Gasteiger partial charge in [0.25, 0.3) is 0 Å². The SMILES string of the molecule is COC(=O)[C@H]1NC(=O)[C@@H](C)NC(=O)[C@@H](NC(=O)OC(C)(C)C)COCC#Cc2cc(cc(I)c2OC)[C@@H](C(=O)OC)NC(=O)[C@@H](C)NC(=O)[C@@H](NC(=O)OC(C)(C)C)COCC#Cc2cc1cc(I)c2OC. The van der Waals surface area contributed by atoms with Gasteiger partial charge in [0.05, 0.1) is 59.9 Å². The minimum Gasteiger partial charge on any atom is -0.494 e. The van der Waals surface area contributed by atoms with Gasteiger partial charge in [-0.2, -0.15) is 0 Å². The first-order valence-corrected chi connectivity index (χ1v) is 24.1. The molecule has 6 atom stereocenters. The summed E-state index contributed by atoms with van der Waals surface area (Å²) in [5, 5.41) is 15.2. The van der Waals surface area contributed by atoms with Crippen LogP contribution in [0.2, 0.25) is 0 Å². The number of amides is 6. The van der Waals surface area contributed by atoms with Crippen LogP contribution in [0.4, 0.5) is 9.59 Å². The van der Waals surface area contributed by atoms with E-state index in [0.29, 0.717) is 18.6 Å². The van der Waals surface area contributed by atoms with Crippen molar-refractivity contribution < 1.29 is 76.3 Å². The number of methoxy groups -OCH3 is 4. The largest absolute Gasteiger partial charge is 0.494 e. The van der Waals surface area contributed by atoms with Crippen molar-refractivity contribution in [1.82, 2.24) is 31.9 Å². The Kier molecular flexibility index (Phi) is 23.1. The van der Waals surface area contributed by atoms with Crippen molar-refractivity contribution in [2.45, 2.75) is 103 Å². The van der Waals surface area contributed by atoms with Crippen molar-refractivity contribution in [3.63, 3.8) is 0 Å². The Balaban J connectivity index is 2.16. The normalized spacial score (nSPS) is 20.8. The average molecular weight is 1230 g/mol. The molecule has 6 N–H and O–H groups in total. The standard InChI is InChI=1S/C48H60I2N6O16/c1-25-39(57)55-35(43(61)67-11)29-19-27(37(65-9)31(49)21-29)15-14-18-70-24-34(54-46(64)72-48(6,7)8)42(60)52-26(2)40(58)56-36(44(62)68-12)30-20-28(38(66-10)32(50)22-30)16-13-17-69-23-33(41(59)51-25)53-45(63)71-47(3,4)5/h19-22,25-26,33-36H,17-18,23-24H2,1-12H3,(H,51,59)(H,52,60)(H,53,63)(H,54,64)(H,55,57)(H,56,58)/t25-,26-,33+,34+,35+,36+/m1/s1. The van der Waals surface area contributed by atoms with E-state index in [1.165, 1.54) is 40.2 Å². The van der Waals surface area contributed by atoms with E-state index in [1.807, 2.05) is 45.2 Å². The lowest BCUT2D eigenvalue weighted by molar-refractivity contribution is -0.146. The van der Waals surface area contributed by atoms with Crippen LogP contribution in [0.3, 0.4) is 0 Å². The van der Waals surface area contributed by atoms with Gasteiger partial charge in [-0.1, -0.05) is 23.7 Å². The van der Waals surface area contributed by atoms with Crippen molar-refractivity contribution in [3.05, 3.63) is 53.7 Å². The maximum atomic E-state index is 13.7. The Labute approximate surface area is 445 Å². The molecule has 72 heavy (non-hydrogen) atoms. The minimum atomic E-state index is -1.43. The monoisotopic (exact) mass is 1230 g/mol. The molecule has 0 unspecified atom stereocenters. The second-order valence-corrected chi connectivity index (χ2v) is 19.9. The summed E-state index contributed by atoms with van der Waals surface area (Å²) in [6.45, 7) is 10.9. The lowest BCUT2D eigenvalue weighted by Gasteiger charge is -2.25. The third-order valence-corrected chi connectivity index (χ3v) is 11.1. The maximum absolute atomic E-state index is 13.7. The highest BCUT2D eigenvalue weighted by molar-refractivity contribution is 14.1. The van der Waals surface area contributed by atoms with Gasteiger partial charge in [0.15, 0.2) is 12.1 Å². The molecule has 6 amide bonds. The molecule has 0 radical (unpaired) electrons. The Bertz CT molecular complexity index is 2320. The molecular formula is C48H60I2N6O16. The third-order valence-electron chi connectivity index (χ3n) is 9.54. The van der Waals surface area contributed by atoms with E-state index >= 15 is 0 Å². The molecule has 0 fully saturated rings. The van der Waals surface area contributed by atoms with Crippen LogP contribution in [0.15, 0.2) is 24.3 Å². The van der Waals surface area contributed by atoms with E-state index in [2.05, 4.69) is 55.6 Å². The number of ether oxygens (including phenoxy) is 8. The first-order chi connectivity index (χ1) is 33.7. The van der Waals surface area contributed by atoms with E-state index in [-0.39, 0.29) is 35.5 Å².